The van der Waals surface area contributed by atoms with Gasteiger partial charge < -0.3 is 5.32 Å². The van der Waals surface area contributed by atoms with E-state index in [1.165, 1.54) is 17.3 Å². The van der Waals surface area contributed by atoms with Crippen molar-refractivity contribution in [2.45, 2.75) is 39.7 Å². The molecule has 0 fully saturated rings. The Balaban J connectivity index is 1.52. The maximum absolute atomic E-state index is 13.2. The number of carbonyl (C=O) groups is 2. The van der Waals surface area contributed by atoms with Crippen LogP contribution >= 0.6 is 11.8 Å². The van der Waals surface area contributed by atoms with Crippen molar-refractivity contribution in [3.8, 4) is 0 Å². The van der Waals surface area contributed by atoms with Crippen LogP contribution in [-0.2, 0) is 16.0 Å². The average molecular weight is 435 g/mol. The number of hydrogen-bond donors (Lipinski definition) is 1. The summed E-state index contributed by atoms with van der Waals surface area (Å²) in [7, 11) is 0. The fraction of sp³-hybridized carbons (Fsp3) is 0.333. The number of rotatable bonds is 6. The van der Waals surface area contributed by atoms with Crippen LogP contribution in [0.25, 0.3) is 0 Å². The predicted molar refractivity (Wildman–Crippen MR) is 127 cm³/mol. The highest BCUT2D eigenvalue weighted by Gasteiger charge is 2.43. The van der Waals surface area contributed by atoms with Crippen molar-refractivity contribution >= 4 is 46.0 Å². The van der Waals surface area contributed by atoms with Crippen molar-refractivity contribution < 1.29 is 9.59 Å². The van der Waals surface area contributed by atoms with E-state index >= 15 is 0 Å². The molecule has 2 amide bonds. The first-order chi connectivity index (χ1) is 15.0. The highest BCUT2D eigenvalue weighted by Crippen LogP contribution is 2.35. The van der Waals surface area contributed by atoms with Gasteiger partial charge in [0, 0.05) is 11.3 Å². The lowest BCUT2D eigenvalue weighted by Crippen LogP contribution is -2.42. The van der Waals surface area contributed by atoms with Gasteiger partial charge in [-0.3, -0.25) is 14.6 Å². The van der Waals surface area contributed by atoms with Crippen LogP contribution < -0.4 is 5.32 Å². The van der Waals surface area contributed by atoms with Gasteiger partial charge in [-0.2, -0.15) is 0 Å². The second-order valence-electron chi connectivity index (χ2n) is 7.76. The predicted octanol–water partition coefficient (Wildman–Crippen LogP) is 4.63. The lowest BCUT2D eigenvalue weighted by Gasteiger charge is -2.25. The van der Waals surface area contributed by atoms with Crippen LogP contribution in [0.1, 0.15) is 38.3 Å². The Morgan fingerprint density at radius 3 is 2.61 bits per heavy atom. The topological polar surface area (TPSA) is 74.1 Å². The van der Waals surface area contributed by atoms with Crippen LogP contribution in [0.4, 0.5) is 11.4 Å². The molecule has 2 aliphatic rings. The van der Waals surface area contributed by atoms with Crippen molar-refractivity contribution in [1.29, 1.82) is 0 Å². The fourth-order valence-electron chi connectivity index (χ4n) is 3.61. The molecule has 2 atom stereocenters. The molecule has 7 heteroatoms. The Bertz CT molecular complexity index is 1060. The van der Waals surface area contributed by atoms with Crippen molar-refractivity contribution in [3.63, 3.8) is 0 Å². The second kappa shape index (κ2) is 9.06. The Morgan fingerprint density at radius 1 is 1.16 bits per heavy atom. The maximum Gasteiger partial charge on any atom is 0.259 e. The highest BCUT2D eigenvalue weighted by atomic mass is 32.2. The van der Waals surface area contributed by atoms with Gasteiger partial charge in [-0.05, 0) is 42.2 Å². The zero-order valence-electron chi connectivity index (χ0n) is 18.0. The molecule has 0 aromatic heterocycles. The third kappa shape index (κ3) is 4.28. The Labute approximate surface area is 186 Å². The van der Waals surface area contributed by atoms with Crippen LogP contribution in [-0.4, -0.2) is 39.5 Å². The monoisotopic (exact) mass is 434 g/mol. The van der Waals surface area contributed by atoms with Crippen molar-refractivity contribution in [2.24, 2.45) is 15.9 Å². The molecule has 2 aliphatic heterocycles. The third-order valence-electron chi connectivity index (χ3n) is 5.66. The minimum Gasteiger partial charge on any atom is -0.325 e. The number of amides is 2. The first-order valence-electron chi connectivity index (χ1n) is 10.6. The number of nitrogens with one attached hydrogen (secondary N) is 1. The Morgan fingerprint density at radius 2 is 1.90 bits per heavy atom. The summed E-state index contributed by atoms with van der Waals surface area (Å²) in [5.41, 5.74) is 3.60. The van der Waals surface area contributed by atoms with Gasteiger partial charge in [-0.25, -0.2) is 9.89 Å². The third-order valence-corrected chi connectivity index (χ3v) is 6.60. The lowest BCUT2D eigenvalue weighted by atomic mass is 10.00. The number of aliphatic imine (C=N–C) groups is 2. The molecule has 0 saturated heterocycles. The van der Waals surface area contributed by atoms with E-state index in [2.05, 4.69) is 24.2 Å². The van der Waals surface area contributed by atoms with E-state index in [1.54, 1.807) is 4.90 Å². The summed E-state index contributed by atoms with van der Waals surface area (Å²) in [6.45, 7) is 6.19. The number of benzene rings is 2. The number of carbonyl (C=O) groups excluding carboxylic acids is 2. The number of aryl methyl sites for hydroxylation is 1. The zero-order valence-corrected chi connectivity index (χ0v) is 18.8. The number of para-hydroxylation sites is 1. The van der Waals surface area contributed by atoms with Crippen molar-refractivity contribution in [1.82, 2.24) is 4.90 Å². The standard InChI is InChI=1S/C24H26N4O2S/c1-4-15(3)21-23(30)28-22(27-21)18-8-6-7-9-19(18)26-24(28)31-14-20(29)25-17-12-10-16(5-2)11-13-17/h6-13,15,21H,4-5,14H2,1-3H3,(H,25,29)/t15-,21+/m0/s1. The van der Waals surface area contributed by atoms with Crippen LogP contribution in [0.5, 0.6) is 0 Å². The number of fused-ring (bicyclic) bond motifs is 3. The molecule has 2 aromatic rings. The van der Waals surface area contributed by atoms with E-state index in [0.717, 1.165) is 29.8 Å². The summed E-state index contributed by atoms with van der Waals surface area (Å²) in [6, 6.07) is 15.1. The molecule has 0 radical (unpaired) electrons. The lowest BCUT2D eigenvalue weighted by molar-refractivity contribution is -0.125. The summed E-state index contributed by atoms with van der Waals surface area (Å²) < 4.78 is 0. The van der Waals surface area contributed by atoms with Crippen molar-refractivity contribution in [2.75, 3.05) is 11.1 Å². The summed E-state index contributed by atoms with van der Waals surface area (Å²) >= 11 is 1.26. The molecule has 0 bridgehead atoms. The van der Waals surface area contributed by atoms with Gasteiger partial charge in [-0.15, -0.1) is 0 Å². The molecule has 2 aromatic carbocycles. The van der Waals surface area contributed by atoms with E-state index in [-0.39, 0.29) is 23.5 Å². The largest absolute Gasteiger partial charge is 0.325 e. The van der Waals surface area contributed by atoms with Gasteiger partial charge in [0.1, 0.15) is 11.9 Å². The van der Waals surface area contributed by atoms with Gasteiger partial charge in [0.2, 0.25) is 5.91 Å². The molecule has 2 heterocycles. The second-order valence-corrected chi connectivity index (χ2v) is 8.70. The van der Waals surface area contributed by atoms with Gasteiger partial charge in [0.05, 0.1) is 11.4 Å². The summed E-state index contributed by atoms with van der Waals surface area (Å²) in [5.74, 6) is 0.721. The number of hydrogen-bond acceptors (Lipinski definition) is 5. The van der Waals surface area contributed by atoms with Crippen LogP contribution in [0.3, 0.4) is 0 Å². The summed E-state index contributed by atoms with van der Waals surface area (Å²) in [5, 5.41) is 3.41. The van der Waals surface area contributed by atoms with E-state index in [1.807, 2.05) is 55.5 Å². The number of amidine groups is 2. The van der Waals surface area contributed by atoms with E-state index in [9.17, 15) is 9.59 Å². The van der Waals surface area contributed by atoms with Gasteiger partial charge in [0.25, 0.3) is 5.91 Å². The molecular weight excluding hydrogens is 408 g/mol. The molecule has 160 valence electrons. The molecule has 1 N–H and O–H groups in total. The van der Waals surface area contributed by atoms with Crippen molar-refractivity contribution in [3.05, 3.63) is 59.7 Å². The Hall–Kier alpha value is -2.93. The van der Waals surface area contributed by atoms with Gasteiger partial charge in [-0.1, -0.05) is 63.2 Å². The first kappa shape index (κ1) is 21.3. The maximum atomic E-state index is 13.2. The van der Waals surface area contributed by atoms with Crippen LogP contribution in [0.15, 0.2) is 58.5 Å². The fourth-order valence-corrected chi connectivity index (χ4v) is 4.41. The normalized spacial score (nSPS) is 18.1. The number of nitrogens with zero attached hydrogens (tertiary/aromatic N) is 3. The smallest absolute Gasteiger partial charge is 0.259 e. The molecular formula is C24H26N4O2S. The minimum absolute atomic E-state index is 0.0688. The summed E-state index contributed by atoms with van der Waals surface area (Å²) in [4.78, 5) is 36.7. The van der Waals surface area contributed by atoms with E-state index in [0.29, 0.717) is 11.0 Å². The minimum atomic E-state index is -0.414. The van der Waals surface area contributed by atoms with Crippen LogP contribution in [0.2, 0.25) is 0 Å². The molecule has 0 aliphatic carbocycles. The highest BCUT2D eigenvalue weighted by molar-refractivity contribution is 8.14. The summed E-state index contributed by atoms with van der Waals surface area (Å²) in [6.07, 6.45) is 1.82. The van der Waals surface area contributed by atoms with Gasteiger partial charge in [0.15, 0.2) is 5.17 Å². The molecule has 6 nitrogen and oxygen atoms in total. The number of thioether (sulfide) groups is 1. The molecule has 0 spiro atoms. The SMILES string of the molecule is CCc1ccc(NC(=O)CSC2=Nc3ccccc3C3=N[C@H]([C@@H](C)CC)C(=O)N23)cc1. The van der Waals surface area contributed by atoms with Crippen LogP contribution in [0, 0.1) is 5.92 Å². The molecule has 31 heavy (non-hydrogen) atoms. The average Bonchev–Trinajstić information content (AvgIpc) is 3.15. The van der Waals surface area contributed by atoms with E-state index < -0.39 is 6.04 Å². The molecule has 0 unspecified atom stereocenters. The molecule has 4 rings (SSSR count). The van der Waals surface area contributed by atoms with Gasteiger partial charge >= 0.3 is 0 Å². The number of anilines is 1. The van der Waals surface area contributed by atoms with E-state index in [4.69, 9.17) is 4.99 Å². The molecule has 0 saturated carbocycles. The quantitative estimate of drug-likeness (QED) is 0.721. The first-order valence-corrected chi connectivity index (χ1v) is 11.6. The Kier molecular flexibility index (Phi) is 6.23. The zero-order chi connectivity index (χ0) is 22.0.